The van der Waals surface area contributed by atoms with Crippen molar-refractivity contribution in [2.45, 2.75) is 59.0 Å². The van der Waals surface area contributed by atoms with E-state index in [4.69, 9.17) is 9.98 Å². The van der Waals surface area contributed by atoms with Crippen molar-refractivity contribution >= 4 is 56.0 Å². The Morgan fingerprint density at radius 1 is 0.488 bits per heavy atom. The molecule has 0 saturated heterocycles. The molecule has 0 unspecified atom stereocenters. The average Bonchev–Trinajstić information content (AvgIpc) is 3.51. The molecule has 0 N–H and O–H groups in total. The fourth-order valence-electron chi connectivity index (χ4n) is 6.26. The van der Waals surface area contributed by atoms with Gasteiger partial charge < -0.3 is 9.13 Å². The molecule has 6 aromatic rings. The van der Waals surface area contributed by atoms with E-state index in [0.717, 1.165) is 39.0 Å². The van der Waals surface area contributed by atoms with E-state index in [1.54, 1.807) is 0 Å². The van der Waals surface area contributed by atoms with Crippen molar-refractivity contribution in [1.29, 1.82) is 0 Å². The topological polar surface area (TPSA) is 34.6 Å². The van der Waals surface area contributed by atoms with Crippen LogP contribution < -0.4 is 0 Å². The fraction of sp³-hybridized carbons (Fsp3) is 0.297. The van der Waals surface area contributed by atoms with E-state index in [9.17, 15) is 0 Å². The molecule has 4 heteroatoms. The van der Waals surface area contributed by atoms with Crippen LogP contribution in [0.25, 0.3) is 43.6 Å². The zero-order chi connectivity index (χ0) is 28.0. The number of aliphatic imine (C=N–C) groups is 2. The maximum Gasteiger partial charge on any atom is 0.0491 e. The lowest BCUT2D eigenvalue weighted by Crippen LogP contribution is -1.93. The van der Waals surface area contributed by atoms with Gasteiger partial charge in [0.25, 0.3) is 0 Å². The van der Waals surface area contributed by atoms with Crippen LogP contribution in [-0.4, -0.2) is 34.7 Å². The molecule has 6 rings (SSSR count). The third-order valence-corrected chi connectivity index (χ3v) is 8.28. The highest BCUT2D eigenvalue weighted by molar-refractivity contribution is 6.10. The van der Waals surface area contributed by atoms with Gasteiger partial charge in [0.1, 0.15) is 0 Å². The largest absolute Gasteiger partial charge is 0.341 e. The minimum atomic E-state index is 0.893. The number of aromatic nitrogens is 2. The van der Waals surface area contributed by atoms with Gasteiger partial charge in [-0.25, -0.2) is 0 Å². The van der Waals surface area contributed by atoms with Gasteiger partial charge >= 0.3 is 0 Å². The SMILES string of the molecule is CCn1c2ccccc2c2cc(C=NCCCCCCCN=Cc3ccc4c(c3)c3ccccc3n4CC)ccc21. The molecular formula is C37H40N4. The number of hydrogen-bond donors (Lipinski definition) is 0. The van der Waals surface area contributed by atoms with E-state index >= 15 is 0 Å². The summed E-state index contributed by atoms with van der Waals surface area (Å²) < 4.78 is 4.78. The van der Waals surface area contributed by atoms with Gasteiger partial charge in [0.05, 0.1) is 0 Å². The van der Waals surface area contributed by atoms with Crippen molar-refractivity contribution in [3.8, 4) is 0 Å². The zero-order valence-corrected chi connectivity index (χ0v) is 24.4. The summed E-state index contributed by atoms with van der Waals surface area (Å²) >= 11 is 0. The first kappa shape index (κ1) is 27.0. The summed E-state index contributed by atoms with van der Waals surface area (Å²) in [5, 5.41) is 5.29. The van der Waals surface area contributed by atoms with Crippen LogP contribution in [0.1, 0.15) is 57.1 Å². The van der Waals surface area contributed by atoms with Gasteiger partial charge in [-0.3, -0.25) is 9.98 Å². The molecule has 4 aromatic carbocycles. The van der Waals surface area contributed by atoms with Crippen molar-refractivity contribution in [3.63, 3.8) is 0 Å². The van der Waals surface area contributed by atoms with Gasteiger partial charge in [-0.2, -0.15) is 0 Å². The molecule has 0 amide bonds. The maximum atomic E-state index is 4.73. The lowest BCUT2D eigenvalue weighted by molar-refractivity contribution is 0.625. The summed E-state index contributed by atoms with van der Waals surface area (Å²) in [7, 11) is 0. The van der Waals surface area contributed by atoms with Crippen LogP contribution in [-0.2, 0) is 13.1 Å². The van der Waals surface area contributed by atoms with Crippen LogP contribution in [0.3, 0.4) is 0 Å². The number of benzene rings is 4. The van der Waals surface area contributed by atoms with Crippen LogP contribution in [0, 0.1) is 0 Å². The Morgan fingerprint density at radius 3 is 1.37 bits per heavy atom. The molecule has 2 heterocycles. The number of unbranched alkanes of at least 4 members (excludes halogenated alkanes) is 4. The third-order valence-electron chi connectivity index (χ3n) is 8.28. The summed E-state index contributed by atoms with van der Waals surface area (Å²) in [6, 6.07) is 30.8. The van der Waals surface area contributed by atoms with Crippen LogP contribution in [0.15, 0.2) is 94.9 Å². The number of aryl methyl sites for hydroxylation is 2. The van der Waals surface area contributed by atoms with E-state index in [1.807, 2.05) is 12.4 Å². The normalized spacial score (nSPS) is 12.3. The van der Waals surface area contributed by atoms with Gasteiger partial charge in [0.2, 0.25) is 0 Å². The van der Waals surface area contributed by atoms with Crippen LogP contribution >= 0.6 is 0 Å². The Labute approximate surface area is 243 Å². The van der Waals surface area contributed by atoms with Crippen LogP contribution in [0.2, 0.25) is 0 Å². The van der Waals surface area contributed by atoms with E-state index in [-0.39, 0.29) is 0 Å². The lowest BCUT2D eigenvalue weighted by atomic mass is 10.1. The lowest BCUT2D eigenvalue weighted by Gasteiger charge is -2.03. The summed E-state index contributed by atoms with van der Waals surface area (Å²) in [4.78, 5) is 9.45. The minimum absolute atomic E-state index is 0.893. The van der Waals surface area contributed by atoms with Crippen molar-refractivity contribution < 1.29 is 0 Å². The van der Waals surface area contributed by atoms with Gasteiger partial charge in [0, 0.05) is 82.2 Å². The molecule has 2 aromatic heterocycles. The molecule has 0 fully saturated rings. The fourth-order valence-corrected chi connectivity index (χ4v) is 6.26. The summed E-state index contributed by atoms with van der Waals surface area (Å²) in [6.07, 6.45) is 10.1. The second kappa shape index (κ2) is 12.6. The van der Waals surface area contributed by atoms with E-state index < -0.39 is 0 Å². The highest BCUT2D eigenvalue weighted by Gasteiger charge is 2.10. The van der Waals surface area contributed by atoms with Crippen molar-refractivity contribution in [3.05, 3.63) is 96.1 Å². The molecular weight excluding hydrogens is 500 g/mol. The van der Waals surface area contributed by atoms with Crippen molar-refractivity contribution in [2.75, 3.05) is 13.1 Å². The van der Waals surface area contributed by atoms with Gasteiger partial charge in [-0.05, 0) is 74.2 Å². The quantitative estimate of drug-likeness (QED) is 0.109. The Balaban J connectivity index is 0.936. The maximum absolute atomic E-state index is 4.73. The van der Waals surface area contributed by atoms with Gasteiger partial charge in [-0.15, -0.1) is 0 Å². The molecule has 0 atom stereocenters. The second-order valence-electron chi connectivity index (χ2n) is 10.9. The van der Waals surface area contributed by atoms with Crippen molar-refractivity contribution in [2.24, 2.45) is 9.98 Å². The molecule has 208 valence electrons. The summed E-state index contributed by atoms with van der Waals surface area (Å²) in [5.74, 6) is 0. The van der Waals surface area contributed by atoms with Gasteiger partial charge in [0.15, 0.2) is 0 Å². The number of fused-ring (bicyclic) bond motifs is 6. The van der Waals surface area contributed by atoms with Crippen molar-refractivity contribution in [1.82, 2.24) is 9.13 Å². The monoisotopic (exact) mass is 540 g/mol. The summed E-state index contributed by atoms with van der Waals surface area (Å²) in [6.45, 7) is 8.16. The zero-order valence-electron chi connectivity index (χ0n) is 24.4. The average molecular weight is 541 g/mol. The molecule has 0 aliphatic heterocycles. The van der Waals surface area contributed by atoms with E-state index in [0.29, 0.717) is 0 Å². The standard InChI is InChI=1S/C37H40N4/c1-3-40-34-16-10-8-14-30(34)32-24-28(18-20-36(32)40)26-38-22-12-6-5-7-13-23-39-27-29-19-21-37-33(25-29)31-15-9-11-17-35(31)41(37)4-2/h8-11,14-21,24-27H,3-7,12-13,22-23H2,1-2H3. The number of rotatable bonds is 12. The first-order chi connectivity index (χ1) is 20.3. The molecule has 0 bridgehead atoms. The highest BCUT2D eigenvalue weighted by atomic mass is 15.0. The van der Waals surface area contributed by atoms with Gasteiger partial charge in [-0.1, -0.05) is 67.8 Å². The molecule has 0 saturated carbocycles. The summed E-state index contributed by atoms with van der Waals surface area (Å²) in [5.41, 5.74) is 7.59. The molecule has 4 nitrogen and oxygen atoms in total. The first-order valence-corrected chi connectivity index (χ1v) is 15.3. The van der Waals surface area contributed by atoms with E-state index in [2.05, 4.69) is 108 Å². The molecule has 0 spiro atoms. The number of para-hydroxylation sites is 2. The smallest absolute Gasteiger partial charge is 0.0491 e. The second-order valence-corrected chi connectivity index (χ2v) is 10.9. The van der Waals surface area contributed by atoms with E-state index in [1.165, 1.54) is 74.0 Å². The Morgan fingerprint density at radius 2 is 0.902 bits per heavy atom. The Kier molecular flexibility index (Phi) is 8.27. The first-order valence-electron chi connectivity index (χ1n) is 15.3. The van der Waals surface area contributed by atoms with Crippen LogP contribution in [0.5, 0.6) is 0 Å². The third kappa shape index (κ3) is 5.56. The predicted octanol–water partition coefficient (Wildman–Crippen LogP) is 9.43. The molecule has 0 radical (unpaired) electrons. The minimum Gasteiger partial charge on any atom is -0.341 e. The number of hydrogen-bond acceptors (Lipinski definition) is 2. The molecule has 0 aliphatic rings. The molecule has 0 aliphatic carbocycles. The predicted molar refractivity (Wildman–Crippen MR) is 178 cm³/mol. The Bertz CT molecular complexity index is 1710. The molecule has 41 heavy (non-hydrogen) atoms. The number of nitrogens with zero attached hydrogens (tertiary/aromatic N) is 4. The Hall–Kier alpha value is -4.18. The van der Waals surface area contributed by atoms with Crippen LogP contribution in [0.4, 0.5) is 0 Å². The highest BCUT2D eigenvalue weighted by Crippen LogP contribution is 2.30.